The van der Waals surface area contributed by atoms with Gasteiger partial charge in [0.1, 0.15) is 0 Å². The number of carbonyl (C=O) groups excluding carboxylic acids is 1. The molecule has 2 atom stereocenters. The van der Waals surface area contributed by atoms with Gasteiger partial charge in [-0.3, -0.25) is 4.79 Å². The molecule has 0 radical (unpaired) electrons. The molecule has 0 bridgehead atoms. The van der Waals surface area contributed by atoms with Crippen LogP contribution in [0.4, 0.5) is 0 Å². The second-order valence-corrected chi connectivity index (χ2v) is 3.29. The summed E-state index contributed by atoms with van der Waals surface area (Å²) in [5.74, 6) is 0.529. The van der Waals surface area contributed by atoms with Crippen LogP contribution in [0.1, 0.15) is 19.8 Å². The Bertz CT molecular complexity index is 159. The first-order chi connectivity index (χ1) is 5.79. The molecule has 1 N–H and O–H groups in total. The second-order valence-electron chi connectivity index (χ2n) is 3.29. The predicted molar refractivity (Wildman–Crippen MR) is 46.8 cm³/mol. The molecule has 0 aromatic heterocycles. The maximum Gasteiger partial charge on any atom is 0.310 e. The molecule has 3 heteroatoms. The largest absolute Gasteiger partial charge is 0.469 e. The van der Waals surface area contributed by atoms with Crippen LogP contribution < -0.4 is 5.32 Å². The van der Waals surface area contributed by atoms with E-state index in [0.29, 0.717) is 5.92 Å². The molecule has 0 aromatic carbocycles. The zero-order valence-electron chi connectivity index (χ0n) is 7.80. The van der Waals surface area contributed by atoms with E-state index in [1.54, 1.807) is 0 Å². The van der Waals surface area contributed by atoms with Crippen molar-refractivity contribution in [3.8, 4) is 0 Å². The normalized spacial score (nSPS) is 29.8. The van der Waals surface area contributed by atoms with Gasteiger partial charge in [-0.2, -0.15) is 0 Å². The summed E-state index contributed by atoms with van der Waals surface area (Å²) in [6, 6.07) is 0. The average Bonchev–Trinajstić information content (AvgIpc) is 2.16. The van der Waals surface area contributed by atoms with Crippen LogP contribution in [0.15, 0.2) is 0 Å². The topological polar surface area (TPSA) is 38.3 Å². The molecule has 0 saturated carbocycles. The lowest BCUT2D eigenvalue weighted by atomic mass is 9.85. The molecule has 0 spiro atoms. The van der Waals surface area contributed by atoms with Gasteiger partial charge in [-0.25, -0.2) is 0 Å². The Morgan fingerprint density at radius 3 is 3.00 bits per heavy atom. The molecule has 1 rings (SSSR count). The van der Waals surface area contributed by atoms with Crippen molar-refractivity contribution in [3.63, 3.8) is 0 Å². The minimum atomic E-state index is -0.0611. The zero-order chi connectivity index (χ0) is 8.97. The highest BCUT2D eigenvalue weighted by Gasteiger charge is 2.29. The molecule has 1 aliphatic rings. The first-order valence-electron chi connectivity index (χ1n) is 4.58. The van der Waals surface area contributed by atoms with Crippen molar-refractivity contribution in [2.75, 3.05) is 20.2 Å². The van der Waals surface area contributed by atoms with E-state index in [1.807, 2.05) is 0 Å². The third-order valence-electron chi connectivity index (χ3n) is 2.65. The first-order valence-corrected chi connectivity index (χ1v) is 4.58. The molecule has 3 nitrogen and oxygen atoms in total. The van der Waals surface area contributed by atoms with Crippen LogP contribution in [-0.4, -0.2) is 26.2 Å². The average molecular weight is 171 g/mol. The third-order valence-corrected chi connectivity index (χ3v) is 2.65. The van der Waals surface area contributed by atoms with Crippen molar-refractivity contribution < 1.29 is 9.53 Å². The van der Waals surface area contributed by atoms with Crippen molar-refractivity contribution in [1.82, 2.24) is 5.32 Å². The van der Waals surface area contributed by atoms with E-state index >= 15 is 0 Å². The standard InChI is InChI=1S/C9H17NO2/c1-3-7-4-5-10-6-8(7)9(11)12-2/h7-8,10H,3-6H2,1-2H3/t7-,8-/m1/s1. The number of carbonyl (C=O) groups is 1. The van der Waals surface area contributed by atoms with E-state index < -0.39 is 0 Å². The molecule has 0 aromatic rings. The fraction of sp³-hybridized carbons (Fsp3) is 0.889. The summed E-state index contributed by atoms with van der Waals surface area (Å²) in [5, 5.41) is 3.21. The molecule has 1 aliphatic heterocycles. The summed E-state index contributed by atoms with van der Waals surface area (Å²) in [4.78, 5) is 11.3. The summed E-state index contributed by atoms with van der Waals surface area (Å²) in [7, 11) is 1.46. The van der Waals surface area contributed by atoms with Gasteiger partial charge in [0.15, 0.2) is 0 Å². The van der Waals surface area contributed by atoms with Crippen molar-refractivity contribution in [3.05, 3.63) is 0 Å². The number of methoxy groups -OCH3 is 1. The van der Waals surface area contributed by atoms with E-state index in [9.17, 15) is 4.79 Å². The Balaban J connectivity index is 2.52. The SMILES string of the molecule is CC[C@@H]1CCNC[C@H]1C(=O)OC. The molecule has 0 amide bonds. The highest BCUT2D eigenvalue weighted by atomic mass is 16.5. The highest BCUT2D eigenvalue weighted by molar-refractivity contribution is 5.73. The van der Waals surface area contributed by atoms with Crippen LogP contribution in [-0.2, 0) is 9.53 Å². The van der Waals surface area contributed by atoms with Crippen molar-refractivity contribution in [2.45, 2.75) is 19.8 Å². The molecule has 0 aliphatic carbocycles. The molecular formula is C9H17NO2. The van der Waals surface area contributed by atoms with Gasteiger partial charge in [-0.05, 0) is 18.9 Å². The number of nitrogens with one attached hydrogen (secondary N) is 1. The van der Waals surface area contributed by atoms with Gasteiger partial charge in [0, 0.05) is 6.54 Å². The van der Waals surface area contributed by atoms with Crippen LogP contribution in [0, 0.1) is 11.8 Å². The van der Waals surface area contributed by atoms with Gasteiger partial charge in [-0.15, -0.1) is 0 Å². The molecule has 12 heavy (non-hydrogen) atoms. The number of rotatable bonds is 2. The zero-order valence-corrected chi connectivity index (χ0v) is 7.80. The Kier molecular flexibility index (Phi) is 3.53. The van der Waals surface area contributed by atoms with E-state index in [-0.39, 0.29) is 11.9 Å². The fourth-order valence-corrected chi connectivity index (χ4v) is 1.83. The Morgan fingerprint density at radius 1 is 1.67 bits per heavy atom. The summed E-state index contributed by atoms with van der Waals surface area (Å²) in [6.45, 7) is 3.95. The molecule has 1 saturated heterocycles. The summed E-state index contributed by atoms with van der Waals surface area (Å²) in [5.41, 5.74) is 0. The molecule has 1 heterocycles. The molecule has 1 fully saturated rings. The van der Waals surface area contributed by atoms with Gasteiger partial charge in [0.2, 0.25) is 0 Å². The fourth-order valence-electron chi connectivity index (χ4n) is 1.83. The highest BCUT2D eigenvalue weighted by Crippen LogP contribution is 2.23. The van der Waals surface area contributed by atoms with Crippen LogP contribution >= 0.6 is 0 Å². The molecular weight excluding hydrogens is 154 g/mol. The number of hydrogen-bond acceptors (Lipinski definition) is 3. The quantitative estimate of drug-likeness (QED) is 0.624. The van der Waals surface area contributed by atoms with E-state index in [4.69, 9.17) is 4.74 Å². The lowest BCUT2D eigenvalue weighted by Gasteiger charge is -2.29. The van der Waals surface area contributed by atoms with Crippen molar-refractivity contribution >= 4 is 5.97 Å². The van der Waals surface area contributed by atoms with Gasteiger partial charge >= 0.3 is 5.97 Å². The number of piperidine rings is 1. The van der Waals surface area contributed by atoms with Crippen molar-refractivity contribution in [1.29, 1.82) is 0 Å². The Labute approximate surface area is 73.5 Å². The number of ether oxygens (including phenoxy) is 1. The summed E-state index contributed by atoms with van der Waals surface area (Å²) < 4.78 is 4.74. The summed E-state index contributed by atoms with van der Waals surface area (Å²) in [6.07, 6.45) is 2.16. The predicted octanol–water partition coefficient (Wildman–Crippen LogP) is 0.795. The smallest absolute Gasteiger partial charge is 0.310 e. The number of esters is 1. The molecule has 70 valence electrons. The maximum absolute atomic E-state index is 11.3. The van der Waals surface area contributed by atoms with E-state index in [1.165, 1.54) is 7.11 Å². The van der Waals surface area contributed by atoms with E-state index in [2.05, 4.69) is 12.2 Å². The summed E-state index contributed by atoms with van der Waals surface area (Å²) >= 11 is 0. The van der Waals surface area contributed by atoms with Gasteiger partial charge in [-0.1, -0.05) is 13.3 Å². The molecule has 0 unspecified atom stereocenters. The van der Waals surface area contributed by atoms with Crippen LogP contribution in [0.3, 0.4) is 0 Å². The first kappa shape index (κ1) is 9.52. The minimum Gasteiger partial charge on any atom is -0.469 e. The van der Waals surface area contributed by atoms with Crippen LogP contribution in [0.25, 0.3) is 0 Å². The monoisotopic (exact) mass is 171 g/mol. The van der Waals surface area contributed by atoms with Crippen LogP contribution in [0.5, 0.6) is 0 Å². The van der Waals surface area contributed by atoms with Crippen LogP contribution in [0.2, 0.25) is 0 Å². The lowest BCUT2D eigenvalue weighted by molar-refractivity contribution is -0.148. The van der Waals surface area contributed by atoms with Gasteiger partial charge in [0.05, 0.1) is 13.0 Å². The maximum atomic E-state index is 11.3. The van der Waals surface area contributed by atoms with E-state index in [0.717, 1.165) is 25.9 Å². The van der Waals surface area contributed by atoms with Gasteiger partial charge in [0.25, 0.3) is 0 Å². The minimum absolute atomic E-state index is 0.0611. The number of hydrogen-bond donors (Lipinski definition) is 1. The van der Waals surface area contributed by atoms with Gasteiger partial charge < -0.3 is 10.1 Å². The Morgan fingerprint density at radius 2 is 2.42 bits per heavy atom. The third kappa shape index (κ3) is 1.97. The Hall–Kier alpha value is -0.570. The lowest BCUT2D eigenvalue weighted by Crippen LogP contribution is -2.41. The second kappa shape index (κ2) is 4.45. The van der Waals surface area contributed by atoms with Crippen molar-refractivity contribution in [2.24, 2.45) is 11.8 Å².